The highest BCUT2D eigenvalue weighted by Crippen LogP contribution is 2.23. The molecule has 1 unspecified atom stereocenters. The van der Waals surface area contributed by atoms with Gasteiger partial charge < -0.3 is 10.1 Å². The van der Waals surface area contributed by atoms with Crippen molar-refractivity contribution < 1.29 is 4.74 Å². The van der Waals surface area contributed by atoms with Gasteiger partial charge in [-0.05, 0) is 65.8 Å². The fourth-order valence-electron chi connectivity index (χ4n) is 1.98. The maximum atomic E-state index is 5.66. The van der Waals surface area contributed by atoms with Crippen LogP contribution in [0.2, 0.25) is 0 Å². The molecule has 20 heavy (non-hydrogen) atoms. The smallest absolute Gasteiger partial charge is 0.121 e. The Morgan fingerprint density at radius 3 is 2.60 bits per heavy atom. The van der Waals surface area contributed by atoms with Crippen molar-refractivity contribution in [3.63, 3.8) is 0 Å². The number of benzene rings is 2. The summed E-state index contributed by atoms with van der Waals surface area (Å²) in [6, 6.07) is 17.0. The van der Waals surface area contributed by atoms with Crippen molar-refractivity contribution in [2.45, 2.75) is 26.3 Å². The minimum atomic E-state index is 0.272. The maximum Gasteiger partial charge on any atom is 0.121 e. The summed E-state index contributed by atoms with van der Waals surface area (Å²) in [6.45, 7) is 5.04. The van der Waals surface area contributed by atoms with Crippen LogP contribution >= 0.6 is 22.6 Å². The van der Waals surface area contributed by atoms with Crippen molar-refractivity contribution in [2.24, 2.45) is 0 Å². The predicted molar refractivity (Wildman–Crippen MR) is 93.4 cm³/mol. The van der Waals surface area contributed by atoms with E-state index in [1.807, 2.05) is 12.1 Å². The summed E-state index contributed by atoms with van der Waals surface area (Å²) in [5, 5.41) is 3.51. The number of ether oxygens (including phenoxy) is 1. The molecule has 0 heterocycles. The molecular weight excluding hydrogens is 361 g/mol. The Morgan fingerprint density at radius 2 is 1.90 bits per heavy atom. The minimum absolute atomic E-state index is 0.272. The molecule has 0 aliphatic carbocycles. The van der Waals surface area contributed by atoms with Crippen LogP contribution in [0.5, 0.6) is 5.75 Å². The van der Waals surface area contributed by atoms with Crippen LogP contribution in [0.3, 0.4) is 0 Å². The molecule has 0 amide bonds. The molecule has 0 aliphatic rings. The van der Waals surface area contributed by atoms with Gasteiger partial charge in [0.1, 0.15) is 5.75 Å². The van der Waals surface area contributed by atoms with Gasteiger partial charge in [-0.15, -0.1) is 0 Å². The van der Waals surface area contributed by atoms with Crippen molar-refractivity contribution in [3.05, 3.63) is 57.7 Å². The van der Waals surface area contributed by atoms with E-state index in [1.165, 1.54) is 9.13 Å². The van der Waals surface area contributed by atoms with Gasteiger partial charge in [-0.1, -0.05) is 25.1 Å². The third-order valence-electron chi connectivity index (χ3n) is 3.06. The van der Waals surface area contributed by atoms with E-state index >= 15 is 0 Å². The fourth-order valence-corrected chi connectivity index (χ4v) is 2.34. The number of nitrogens with one attached hydrogen (secondary N) is 1. The Labute approximate surface area is 134 Å². The molecule has 0 radical (unpaired) electrons. The van der Waals surface area contributed by atoms with Gasteiger partial charge in [0.05, 0.1) is 6.61 Å². The standard InChI is InChI=1S/C17H20INO/c1-3-11-20-17-6-4-5-16(12-17)19-13(2)14-7-9-15(18)10-8-14/h4-10,12-13,19H,3,11H2,1-2H3. The Bertz CT molecular complexity index is 539. The molecule has 2 aromatic rings. The molecule has 1 N–H and O–H groups in total. The molecule has 0 saturated heterocycles. The van der Waals surface area contributed by atoms with Gasteiger partial charge in [0, 0.05) is 21.4 Å². The second-order valence-electron chi connectivity index (χ2n) is 4.79. The van der Waals surface area contributed by atoms with Gasteiger partial charge in [0.15, 0.2) is 0 Å². The molecule has 3 heteroatoms. The van der Waals surface area contributed by atoms with E-state index in [9.17, 15) is 0 Å². The van der Waals surface area contributed by atoms with E-state index in [0.717, 1.165) is 24.5 Å². The summed E-state index contributed by atoms with van der Waals surface area (Å²) in [5.41, 5.74) is 2.37. The SMILES string of the molecule is CCCOc1cccc(NC(C)c2ccc(I)cc2)c1. The topological polar surface area (TPSA) is 21.3 Å². The first kappa shape index (κ1) is 15.2. The largest absolute Gasteiger partial charge is 0.494 e. The summed E-state index contributed by atoms with van der Waals surface area (Å²) in [6.07, 6.45) is 1.02. The van der Waals surface area contributed by atoms with E-state index in [4.69, 9.17) is 4.74 Å². The van der Waals surface area contributed by atoms with E-state index < -0.39 is 0 Å². The molecule has 0 aliphatic heterocycles. The molecule has 2 nitrogen and oxygen atoms in total. The summed E-state index contributed by atoms with van der Waals surface area (Å²) < 4.78 is 6.92. The van der Waals surface area contributed by atoms with Crippen molar-refractivity contribution in [2.75, 3.05) is 11.9 Å². The third-order valence-corrected chi connectivity index (χ3v) is 3.78. The molecule has 0 bridgehead atoms. The minimum Gasteiger partial charge on any atom is -0.494 e. The van der Waals surface area contributed by atoms with Crippen LogP contribution in [-0.2, 0) is 0 Å². The Kier molecular flexibility index (Phi) is 5.71. The van der Waals surface area contributed by atoms with E-state index in [-0.39, 0.29) is 6.04 Å². The van der Waals surface area contributed by atoms with Crippen molar-refractivity contribution in [1.29, 1.82) is 0 Å². The van der Waals surface area contributed by atoms with Crippen LogP contribution in [0.15, 0.2) is 48.5 Å². The summed E-state index contributed by atoms with van der Waals surface area (Å²) in [5.74, 6) is 0.923. The van der Waals surface area contributed by atoms with Gasteiger partial charge in [0.2, 0.25) is 0 Å². The number of rotatable bonds is 6. The second kappa shape index (κ2) is 7.53. The zero-order valence-corrected chi connectivity index (χ0v) is 14.1. The van der Waals surface area contributed by atoms with Crippen molar-refractivity contribution >= 4 is 28.3 Å². The normalized spacial score (nSPS) is 11.9. The zero-order chi connectivity index (χ0) is 14.4. The molecule has 0 saturated carbocycles. The lowest BCUT2D eigenvalue weighted by atomic mass is 10.1. The Hall–Kier alpha value is -1.23. The lowest BCUT2D eigenvalue weighted by Crippen LogP contribution is -2.06. The van der Waals surface area contributed by atoms with Crippen LogP contribution < -0.4 is 10.1 Å². The van der Waals surface area contributed by atoms with Crippen LogP contribution in [0.25, 0.3) is 0 Å². The van der Waals surface area contributed by atoms with Gasteiger partial charge in [-0.25, -0.2) is 0 Å². The Morgan fingerprint density at radius 1 is 1.15 bits per heavy atom. The van der Waals surface area contributed by atoms with Gasteiger partial charge in [-0.3, -0.25) is 0 Å². The molecule has 0 fully saturated rings. The monoisotopic (exact) mass is 381 g/mol. The molecule has 0 aromatic heterocycles. The van der Waals surface area contributed by atoms with Gasteiger partial charge in [0.25, 0.3) is 0 Å². The lowest BCUT2D eigenvalue weighted by Gasteiger charge is -2.16. The first-order valence-electron chi connectivity index (χ1n) is 6.94. The van der Waals surface area contributed by atoms with Crippen LogP contribution in [-0.4, -0.2) is 6.61 Å². The molecule has 106 valence electrons. The average Bonchev–Trinajstić information content (AvgIpc) is 2.46. The summed E-state index contributed by atoms with van der Waals surface area (Å²) >= 11 is 2.32. The lowest BCUT2D eigenvalue weighted by molar-refractivity contribution is 0.317. The highest BCUT2D eigenvalue weighted by atomic mass is 127. The molecule has 1 atom stereocenters. The first-order valence-corrected chi connectivity index (χ1v) is 8.02. The highest BCUT2D eigenvalue weighted by Gasteiger charge is 2.05. The molecule has 0 spiro atoms. The van der Waals surface area contributed by atoms with Crippen LogP contribution in [0.4, 0.5) is 5.69 Å². The average molecular weight is 381 g/mol. The van der Waals surface area contributed by atoms with Crippen LogP contribution in [0, 0.1) is 3.57 Å². The van der Waals surface area contributed by atoms with Crippen LogP contribution in [0.1, 0.15) is 31.9 Å². The number of hydrogen-bond acceptors (Lipinski definition) is 2. The molecule has 2 rings (SSSR count). The number of halogens is 1. The summed E-state index contributed by atoms with van der Waals surface area (Å²) in [4.78, 5) is 0. The third kappa shape index (κ3) is 4.40. The molecular formula is C17H20INO. The summed E-state index contributed by atoms with van der Waals surface area (Å²) in [7, 11) is 0. The maximum absolute atomic E-state index is 5.66. The molecule has 2 aromatic carbocycles. The second-order valence-corrected chi connectivity index (χ2v) is 6.04. The number of hydrogen-bond donors (Lipinski definition) is 1. The van der Waals surface area contributed by atoms with Crippen molar-refractivity contribution in [3.8, 4) is 5.75 Å². The fraction of sp³-hybridized carbons (Fsp3) is 0.294. The van der Waals surface area contributed by atoms with Gasteiger partial charge in [-0.2, -0.15) is 0 Å². The number of anilines is 1. The first-order chi connectivity index (χ1) is 9.69. The van der Waals surface area contributed by atoms with E-state index in [1.54, 1.807) is 0 Å². The van der Waals surface area contributed by atoms with E-state index in [2.05, 4.69) is 78.2 Å². The van der Waals surface area contributed by atoms with Gasteiger partial charge >= 0.3 is 0 Å². The zero-order valence-electron chi connectivity index (χ0n) is 11.9. The quantitative estimate of drug-likeness (QED) is 0.690. The van der Waals surface area contributed by atoms with E-state index in [0.29, 0.717) is 0 Å². The van der Waals surface area contributed by atoms with Crippen molar-refractivity contribution in [1.82, 2.24) is 0 Å². The Balaban J connectivity index is 2.03. The predicted octanol–water partition coefficient (Wildman–Crippen LogP) is 5.25. The highest BCUT2D eigenvalue weighted by molar-refractivity contribution is 14.1.